The van der Waals surface area contributed by atoms with E-state index < -0.39 is 5.97 Å². The fourth-order valence-electron chi connectivity index (χ4n) is 2.16. The van der Waals surface area contributed by atoms with Crippen LogP contribution in [0.25, 0.3) is 0 Å². The van der Waals surface area contributed by atoms with Crippen LogP contribution in [0.1, 0.15) is 26.7 Å². The van der Waals surface area contributed by atoms with Gasteiger partial charge in [0.1, 0.15) is 6.04 Å². The predicted molar refractivity (Wildman–Crippen MR) is 57.9 cm³/mol. The van der Waals surface area contributed by atoms with Crippen molar-refractivity contribution in [2.75, 3.05) is 26.3 Å². The normalized spacial score (nSPS) is 24.3. The molecule has 1 fully saturated rings. The fraction of sp³-hybridized carbons (Fsp3) is 0.909. The van der Waals surface area contributed by atoms with E-state index >= 15 is 0 Å². The molecule has 0 aliphatic carbocycles. The van der Waals surface area contributed by atoms with Gasteiger partial charge < -0.3 is 9.84 Å². The van der Waals surface area contributed by atoms with E-state index in [1.165, 1.54) is 0 Å². The van der Waals surface area contributed by atoms with Crippen LogP contribution in [0.4, 0.5) is 0 Å². The highest BCUT2D eigenvalue weighted by Gasteiger charge is 2.30. The van der Waals surface area contributed by atoms with Crippen molar-refractivity contribution in [3.8, 4) is 0 Å². The van der Waals surface area contributed by atoms with Crippen molar-refractivity contribution in [1.82, 2.24) is 4.90 Å². The first kappa shape index (κ1) is 12.5. The third-order valence-electron chi connectivity index (χ3n) is 2.99. The number of likely N-dealkylation sites (tertiary alicyclic amines) is 1. The first-order valence-electron chi connectivity index (χ1n) is 5.73. The Morgan fingerprint density at radius 2 is 2.33 bits per heavy atom. The van der Waals surface area contributed by atoms with Crippen LogP contribution in [0, 0.1) is 5.92 Å². The minimum absolute atomic E-state index is 0.309. The first-order chi connectivity index (χ1) is 7.19. The lowest BCUT2D eigenvalue weighted by atomic mass is 10.1. The fourth-order valence-corrected chi connectivity index (χ4v) is 2.16. The Labute approximate surface area is 91.2 Å². The molecule has 1 N–H and O–H groups in total. The zero-order valence-electron chi connectivity index (χ0n) is 9.61. The van der Waals surface area contributed by atoms with Gasteiger partial charge in [0.05, 0.1) is 6.61 Å². The average molecular weight is 215 g/mol. The van der Waals surface area contributed by atoms with E-state index in [0.29, 0.717) is 12.3 Å². The van der Waals surface area contributed by atoms with Crippen molar-refractivity contribution in [2.45, 2.75) is 32.7 Å². The number of rotatable bonds is 6. The molecule has 1 rings (SSSR count). The van der Waals surface area contributed by atoms with Crippen LogP contribution in [0.3, 0.4) is 0 Å². The van der Waals surface area contributed by atoms with Gasteiger partial charge in [-0.05, 0) is 32.2 Å². The maximum absolute atomic E-state index is 11.0. The minimum Gasteiger partial charge on any atom is -0.480 e. The van der Waals surface area contributed by atoms with Gasteiger partial charge in [-0.1, -0.05) is 6.92 Å². The number of hydrogen-bond donors (Lipinski definition) is 1. The Morgan fingerprint density at radius 1 is 1.60 bits per heavy atom. The van der Waals surface area contributed by atoms with Crippen LogP contribution in [0.2, 0.25) is 0 Å². The highest BCUT2D eigenvalue weighted by molar-refractivity contribution is 5.73. The third kappa shape index (κ3) is 3.47. The van der Waals surface area contributed by atoms with Gasteiger partial charge >= 0.3 is 5.97 Å². The van der Waals surface area contributed by atoms with Crippen molar-refractivity contribution in [3.63, 3.8) is 0 Å². The van der Waals surface area contributed by atoms with E-state index in [9.17, 15) is 4.79 Å². The van der Waals surface area contributed by atoms with Crippen LogP contribution in [0.5, 0.6) is 0 Å². The van der Waals surface area contributed by atoms with E-state index in [1.807, 2.05) is 13.8 Å². The summed E-state index contributed by atoms with van der Waals surface area (Å²) in [7, 11) is 0. The van der Waals surface area contributed by atoms with E-state index in [0.717, 1.165) is 32.7 Å². The lowest BCUT2D eigenvalue weighted by Crippen LogP contribution is -2.39. The molecule has 1 heterocycles. The first-order valence-corrected chi connectivity index (χ1v) is 5.73. The van der Waals surface area contributed by atoms with E-state index in [1.54, 1.807) is 0 Å². The molecule has 0 aromatic carbocycles. The molecule has 4 heteroatoms. The Hall–Kier alpha value is -0.610. The number of hydrogen-bond acceptors (Lipinski definition) is 3. The minimum atomic E-state index is -0.699. The van der Waals surface area contributed by atoms with Gasteiger partial charge in [0, 0.05) is 13.2 Å². The summed E-state index contributed by atoms with van der Waals surface area (Å²) in [5.74, 6) is -0.187. The summed E-state index contributed by atoms with van der Waals surface area (Å²) < 4.78 is 5.37. The number of carbonyl (C=O) groups is 1. The van der Waals surface area contributed by atoms with Crippen molar-refractivity contribution in [1.29, 1.82) is 0 Å². The smallest absolute Gasteiger partial charge is 0.320 e. The molecule has 0 unspecified atom stereocenters. The molecule has 88 valence electrons. The molecule has 0 spiro atoms. The number of carboxylic acid groups (broad SMARTS) is 1. The highest BCUT2D eigenvalue weighted by atomic mass is 16.5. The quantitative estimate of drug-likeness (QED) is 0.723. The van der Waals surface area contributed by atoms with Gasteiger partial charge in [-0.2, -0.15) is 0 Å². The second kappa shape index (κ2) is 6.08. The topological polar surface area (TPSA) is 49.8 Å². The Balaban J connectivity index is 2.37. The SMILES string of the molecule is CCOC[C@@H]1CCN([C@H](CC)C(=O)O)C1. The molecule has 1 aliphatic heterocycles. The van der Waals surface area contributed by atoms with Crippen molar-refractivity contribution in [2.24, 2.45) is 5.92 Å². The molecular formula is C11H21NO3. The predicted octanol–water partition coefficient (Wildman–Crippen LogP) is 1.21. The molecule has 0 amide bonds. The summed E-state index contributed by atoms with van der Waals surface area (Å²) in [6.45, 7) is 7.18. The average Bonchev–Trinajstić information content (AvgIpc) is 2.64. The highest BCUT2D eigenvalue weighted by Crippen LogP contribution is 2.20. The Kier molecular flexibility index (Phi) is 5.05. The summed E-state index contributed by atoms with van der Waals surface area (Å²) in [6, 6.07) is -0.309. The number of aliphatic carboxylic acids is 1. The Morgan fingerprint density at radius 3 is 2.87 bits per heavy atom. The van der Waals surface area contributed by atoms with Crippen LogP contribution < -0.4 is 0 Å². The summed E-state index contributed by atoms with van der Waals surface area (Å²) in [5, 5.41) is 9.02. The van der Waals surface area contributed by atoms with Gasteiger partial charge in [-0.3, -0.25) is 9.69 Å². The van der Waals surface area contributed by atoms with Gasteiger partial charge in [0.15, 0.2) is 0 Å². The lowest BCUT2D eigenvalue weighted by molar-refractivity contribution is -0.143. The van der Waals surface area contributed by atoms with Gasteiger partial charge in [-0.15, -0.1) is 0 Å². The molecule has 0 saturated carbocycles. The largest absolute Gasteiger partial charge is 0.480 e. The number of ether oxygens (including phenoxy) is 1. The van der Waals surface area contributed by atoms with Crippen molar-refractivity contribution < 1.29 is 14.6 Å². The molecule has 2 atom stereocenters. The summed E-state index contributed by atoms with van der Waals surface area (Å²) in [5.41, 5.74) is 0. The van der Waals surface area contributed by atoms with Gasteiger partial charge in [-0.25, -0.2) is 0 Å². The van der Waals surface area contributed by atoms with Crippen LogP contribution in [-0.4, -0.2) is 48.3 Å². The van der Waals surface area contributed by atoms with Gasteiger partial charge in [0.25, 0.3) is 0 Å². The maximum Gasteiger partial charge on any atom is 0.320 e. The van der Waals surface area contributed by atoms with E-state index in [4.69, 9.17) is 9.84 Å². The summed E-state index contributed by atoms with van der Waals surface area (Å²) in [6.07, 6.45) is 1.74. The van der Waals surface area contributed by atoms with Crippen LogP contribution in [0.15, 0.2) is 0 Å². The second-order valence-electron chi connectivity index (χ2n) is 4.07. The van der Waals surface area contributed by atoms with E-state index in [2.05, 4.69) is 4.90 Å². The zero-order valence-corrected chi connectivity index (χ0v) is 9.61. The molecule has 1 aliphatic rings. The van der Waals surface area contributed by atoms with Crippen LogP contribution >= 0.6 is 0 Å². The maximum atomic E-state index is 11.0. The number of carboxylic acids is 1. The summed E-state index contributed by atoms with van der Waals surface area (Å²) >= 11 is 0. The Bertz CT molecular complexity index is 208. The number of nitrogens with zero attached hydrogens (tertiary/aromatic N) is 1. The zero-order chi connectivity index (χ0) is 11.3. The van der Waals surface area contributed by atoms with Crippen LogP contribution in [-0.2, 0) is 9.53 Å². The summed E-state index contributed by atoms with van der Waals surface area (Å²) in [4.78, 5) is 13.0. The molecule has 0 aromatic rings. The lowest BCUT2D eigenvalue weighted by Gasteiger charge is -2.22. The third-order valence-corrected chi connectivity index (χ3v) is 2.99. The molecular weight excluding hydrogens is 194 g/mol. The van der Waals surface area contributed by atoms with E-state index in [-0.39, 0.29) is 6.04 Å². The molecule has 4 nitrogen and oxygen atoms in total. The molecule has 0 radical (unpaired) electrons. The van der Waals surface area contributed by atoms with Gasteiger partial charge in [0.2, 0.25) is 0 Å². The molecule has 0 aromatic heterocycles. The van der Waals surface area contributed by atoms with Crippen molar-refractivity contribution >= 4 is 5.97 Å². The standard InChI is InChI=1S/C11H21NO3/c1-3-10(11(13)14)12-6-5-9(7-12)8-15-4-2/h9-10H,3-8H2,1-2H3,(H,13,14)/t9-,10-/m1/s1. The van der Waals surface area contributed by atoms with Crippen molar-refractivity contribution in [3.05, 3.63) is 0 Å². The second-order valence-corrected chi connectivity index (χ2v) is 4.07. The monoisotopic (exact) mass is 215 g/mol. The molecule has 1 saturated heterocycles. The molecule has 0 bridgehead atoms. The molecule has 15 heavy (non-hydrogen) atoms.